The standard InChI is InChI=1S/C13H18FNO/c1-10(2)16-13-6-5-11(14)9-12(13)15-7-3-4-8-15/h5-6,9-10H,3-4,7-8H2,1-2H3. The first-order valence-electron chi connectivity index (χ1n) is 5.88. The smallest absolute Gasteiger partial charge is 0.143 e. The molecular formula is C13H18FNO. The summed E-state index contributed by atoms with van der Waals surface area (Å²) in [5.41, 5.74) is 0.895. The first-order valence-corrected chi connectivity index (χ1v) is 5.88. The zero-order valence-corrected chi connectivity index (χ0v) is 9.87. The zero-order chi connectivity index (χ0) is 11.5. The summed E-state index contributed by atoms with van der Waals surface area (Å²) in [6.07, 6.45) is 2.47. The molecule has 1 fully saturated rings. The molecule has 1 aliphatic heterocycles. The highest BCUT2D eigenvalue weighted by molar-refractivity contribution is 5.59. The summed E-state index contributed by atoms with van der Waals surface area (Å²) in [4.78, 5) is 2.20. The second-order valence-electron chi connectivity index (χ2n) is 4.47. The van der Waals surface area contributed by atoms with Crippen molar-refractivity contribution >= 4 is 5.69 Å². The SMILES string of the molecule is CC(C)Oc1ccc(F)cc1N1CCCC1. The largest absolute Gasteiger partial charge is 0.489 e. The Hall–Kier alpha value is -1.25. The molecule has 0 aliphatic carbocycles. The van der Waals surface area contributed by atoms with E-state index in [1.165, 1.54) is 18.9 Å². The second kappa shape index (κ2) is 4.73. The lowest BCUT2D eigenvalue weighted by Gasteiger charge is -2.22. The van der Waals surface area contributed by atoms with Gasteiger partial charge >= 0.3 is 0 Å². The molecular weight excluding hydrogens is 205 g/mol. The highest BCUT2D eigenvalue weighted by Crippen LogP contribution is 2.32. The molecule has 1 heterocycles. The molecule has 1 aromatic carbocycles. The molecule has 3 heteroatoms. The maximum Gasteiger partial charge on any atom is 0.143 e. The Balaban J connectivity index is 2.28. The number of rotatable bonds is 3. The van der Waals surface area contributed by atoms with Crippen molar-refractivity contribution in [1.82, 2.24) is 0 Å². The van der Waals surface area contributed by atoms with E-state index in [2.05, 4.69) is 4.90 Å². The summed E-state index contributed by atoms with van der Waals surface area (Å²) >= 11 is 0. The van der Waals surface area contributed by atoms with E-state index in [4.69, 9.17) is 4.74 Å². The summed E-state index contributed by atoms with van der Waals surface area (Å²) in [5.74, 6) is 0.594. The molecule has 1 aromatic rings. The van der Waals surface area contributed by atoms with Crippen LogP contribution in [0, 0.1) is 5.82 Å². The van der Waals surface area contributed by atoms with Crippen LogP contribution in [0.3, 0.4) is 0 Å². The molecule has 16 heavy (non-hydrogen) atoms. The maximum absolute atomic E-state index is 13.3. The van der Waals surface area contributed by atoms with Crippen LogP contribution < -0.4 is 9.64 Å². The van der Waals surface area contributed by atoms with Gasteiger partial charge in [-0.2, -0.15) is 0 Å². The molecule has 0 amide bonds. The Kier molecular flexibility index (Phi) is 3.32. The van der Waals surface area contributed by atoms with Gasteiger partial charge in [-0.25, -0.2) is 4.39 Å². The molecule has 1 aliphatic rings. The van der Waals surface area contributed by atoms with Crippen molar-refractivity contribution in [2.24, 2.45) is 0 Å². The van der Waals surface area contributed by atoms with Crippen LogP contribution in [-0.4, -0.2) is 19.2 Å². The van der Waals surface area contributed by atoms with Gasteiger partial charge in [-0.05, 0) is 38.8 Å². The lowest BCUT2D eigenvalue weighted by atomic mass is 10.2. The van der Waals surface area contributed by atoms with Crippen LogP contribution in [0.2, 0.25) is 0 Å². The Morgan fingerprint density at radius 3 is 2.56 bits per heavy atom. The fraction of sp³-hybridized carbons (Fsp3) is 0.538. The van der Waals surface area contributed by atoms with Crippen molar-refractivity contribution in [2.75, 3.05) is 18.0 Å². The Bertz CT molecular complexity index is 359. The molecule has 2 rings (SSSR count). The van der Waals surface area contributed by atoms with Gasteiger partial charge in [0.2, 0.25) is 0 Å². The number of halogens is 1. The van der Waals surface area contributed by atoms with Crippen LogP contribution in [0.1, 0.15) is 26.7 Å². The third-order valence-electron chi connectivity index (χ3n) is 2.73. The molecule has 0 unspecified atom stereocenters. The van der Waals surface area contributed by atoms with Crippen LogP contribution in [0.15, 0.2) is 18.2 Å². The van der Waals surface area contributed by atoms with Crippen molar-refractivity contribution in [1.29, 1.82) is 0 Å². The molecule has 0 N–H and O–H groups in total. The van der Waals surface area contributed by atoms with E-state index < -0.39 is 0 Å². The lowest BCUT2D eigenvalue weighted by molar-refractivity contribution is 0.242. The van der Waals surface area contributed by atoms with Gasteiger partial charge in [0.25, 0.3) is 0 Å². The Labute approximate surface area is 96.0 Å². The van der Waals surface area contributed by atoms with E-state index in [1.54, 1.807) is 12.1 Å². The number of anilines is 1. The Morgan fingerprint density at radius 1 is 1.25 bits per heavy atom. The summed E-state index contributed by atoms with van der Waals surface area (Å²) in [7, 11) is 0. The van der Waals surface area contributed by atoms with Crippen molar-refractivity contribution in [3.05, 3.63) is 24.0 Å². The second-order valence-corrected chi connectivity index (χ2v) is 4.47. The number of ether oxygens (including phenoxy) is 1. The molecule has 0 bridgehead atoms. The monoisotopic (exact) mass is 223 g/mol. The summed E-state index contributed by atoms with van der Waals surface area (Å²) in [6, 6.07) is 4.75. The van der Waals surface area contributed by atoms with Crippen molar-refractivity contribution < 1.29 is 9.13 Å². The minimum absolute atomic E-state index is 0.117. The minimum Gasteiger partial charge on any atom is -0.489 e. The molecule has 0 saturated carbocycles. The lowest BCUT2D eigenvalue weighted by Crippen LogP contribution is -2.19. The van der Waals surface area contributed by atoms with Crippen molar-refractivity contribution in [3.63, 3.8) is 0 Å². The average molecular weight is 223 g/mol. The fourth-order valence-electron chi connectivity index (χ4n) is 2.05. The normalized spacial score (nSPS) is 15.9. The van der Waals surface area contributed by atoms with Crippen LogP contribution in [0.5, 0.6) is 5.75 Å². The van der Waals surface area contributed by atoms with Gasteiger partial charge in [0.15, 0.2) is 0 Å². The number of benzene rings is 1. The first-order chi connectivity index (χ1) is 7.66. The van der Waals surface area contributed by atoms with Gasteiger partial charge in [-0.3, -0.25) is 0 Å². The van der Waals surface area contributed by atoms with Crippen LogP contribution in [-0.2, 0) is 0 Å². The van der Waals surface area contributed by atoms with E-state index in [0.717, 1.165) is 24.5 Å². The molecule has 88 valence electrons. The molecule has 0 aromatic heterocycles. The third kappa shape index (κ3) is 2.46. The van der Waals surface area contributed by atoms with Crippen molar-refractivity contribution in [2.45, 2.75) is 32.8 Å². The maximum atomic E-state index is 13.3. The van der Waals surface area contributed by atoms with Gasteiger partial charge in [-0.1, -0.05) is 0 Å². The van der Waals surface area contributed by atoms with Crippen molar-refractivity contribution in [3.8, 4) is 5.75 Å². The van der Waals surface area contributed by atoms with E-state index in [0.29, 0.717) is 0 Å². The number of hydrogen-bond acceptors (Lipinski definition) is 2. The predicted molar refractivity (Wildman–Crippen MR) is 63.6 cm³/mol. The highest BCUT2D eigenvalue weighted by Gasteiger charge is 2.17. The fourth-order valence-corrected chi connectivity index (χ4v) is 2.05. The van der Waals surface area contributed by atoms with E-state index >= 15 is 0 Å². The van der Waals surface area contributed by atoms with Gasteiger partial charge in [0, 0.05) is 19.2 Å². The van der Waals surface area contributed by atoms with Gasteiger partial charge in [0.1, 0.15) is 11.6 Å². The molecule has 0 spiro atoms. The predicted octanol–water partition coefficient (Wildman–Crippen LogP) is 3.21. The summed E-state index contributed by atoms with van der Waals surface area (Å²) < 4.78 is 19.0. The molecule has 0 atom stereocenters. The van der Waals surface area contributed by atoms with E-state index in [-0.39, 0.29) is 11.9 Å². The number of hydrogen-bond donors (Lipinski definition) is 0. The minimum atomic E-state index is -0.196. The molecule has 0 radical (unpaired) electrons. The van der Waals surface area contributed by atoms with Crippen LogP contribution in [0.4, 0.5) is 10.1 Å². The Morgan fingerprint density at radius 2 is 1.94 bits per heavy atom. The third-order valence-corrected chi connectivity index (χ3v) is 2.73. The van der Waals surface area contributed by atoms with Gasteiger partial charge in [0.05, 0.1) is 11.8 Å². The van der Waals surface area contributed by atoms with Crippen LogP contribution >= 0.6 is 0 Å². The van der Waals surface area contributed by atoms with E-state index in [9.17, 15) is 4.39 Å². The van der Waals surface area contributed by atoms with Crippen LogP contribution in [0.25, 0.3) is 0 Å². The number of nitrogens with zero attached hydrogens (tertiary/aromatic N) is 1. The zero-order valence-electron chi connectivity index (χ0n) is 9.87. The summed E-state index contributed by atoms with van der Waals surface area (Å²) in [6.45, 7) is 5.96. The molecule has 2 nitrogen and oxygen atoms in total. The topological polar surface area (TPSA) is 12.5 Å². The quantitative estimate of drug-likeness (QED) is 0.780. The van der Waals surface area contributed by atoms with E-state index in [1.807, 2.05) is 13.8 Å². The summed E-state index contributed by atoms with van der Waals surface area (Å²) in [5, 5.41) is 0. The first kappa shape index (κ1) is 11.2. The average Bonchev–Trinajstić information content (AvgIpc) is 2.73. The highest BCUT2D eigenvalue weighted by atomic mass is 19.1. The van der Waals surface area contributed by atoms with Gasteiger partial charge < -0.3 is 9.64 Å². The van der Waals surface area contributed by atoms with Gasteiger partial charge in [-0.15, -0.1) is 0 Å². The molecule has 1 saturated heterocycles.